The maximum absolute atomic E-state index is 13.1. The molecule has 0 amide bonds. The third kappa shape index (κ3) is 3.16. The van der Waals surface area contributed by atoms with E-state index in [4.69, 9.17) is 0 Å². The molecule has 1 saturated heterocycles. The lowest BCUT2D eigenvalue weighted by atomic mass is 10.3. The van der Waals surface area contributed by atoms with E-state index in [2.05, 4.69) is 20.4 Å². The molecule has 0 bridgehead atoms. The molecule has 1 aliphatic rings. The highest BCUT2D eigenvalue weighted by Crippen LogP contribution is 2.25. The predicted octanol–water partition coefficient (Wildman–Crippen LogP) is 0.524. The molecule has 28 heavy (non-hydrogen) atoms. The van der Waals surface area contributed by atoms with Gasteiger partial charge >= 0.3 is 0 Å². The molecule has 4 rings (SSSR count). The molecule has 0 spiro atoms. The summed E-state index contributed by atoms with van der Waals surface area (Å²) in [4.78, 5) is 2.35. The van der Waals surface area contributed by atoms with Crippen molar-refractivity contribution >= 4 is 15.8 Å². The average molecular weight is 402 g/mol. The van der Waals surface area contributed by atoms with Gasteiger partial charge in [0.2, 0.25) is 10.0 Å². The van der Waals surface area contributed by atoms with Crippen LogP contribution in [0.5, 0.6) is 0 Å². The second-order valence-electron chi connectivity index (χ2n) is 6.72. The number of nitrogens with zero attached hydrogens (tertiary/aromatic N) is 8. The highest BCUT2D eigenvalue weighted by molar-refractivity contribution is 7.89. The van der Waals surface area contributed by atoms with E-state index in [0.717, 1.165) is 5.82 Å². The molecule has 0 radical (unpaired) electrons. The lowest BCUT2D eigenvalue weighted by Gasteiger charge is -2.34. The lowest BCUT2D eigenvalue weighted by Crippen LogP contribution is -2.49. The zero-order valence-electron chi connectivity index (χ0n) is 16.0. The lowest BCUT2D eigenvalue weighted by molar-refractivity contribution is 0.383. The van der Waals surface area contributed by atoms with Crippen LogP contribution in [0.1, 0.15) is 11.4 Å². The van der Waals surface area contributed by atoms with Crippen LogP contribution in [0.25, 0.3) is 5.82 Å². The molecule has 0 aliphatic carbocycles. The number of sulfonamides is 1. The van der Waals surface area contributed by atoms with Gasteiger partial charge in [0.25, 0.3) is 0 Å². The van der Waals surface area contributed by atoms with E-state index in [1.165, 1.54) is 4.31 Å². The Bertz CT molecular complexity index is 1070. The van der Waals surface area contributed by atoms with Crippen molar-refractivity contribution in [2.45, 2.75) is 18.7 Å². The number of rotatable bonds is 4. The van der Waals surface area contributed by atoms with Gasteiger partial charge in [-0.15, -0.1) is 10.2 Å². The van der Waals surface area contributed by atoms with E-state index in [1.807, 2.05) is 23.1 Å². The summed E-state index contributed by atoms with van der Waals surface area (Å²) < 4.78 is 30.9. The van der Waals surface area contributed by atoms with Crippen LogP contribution in [0, 0.1) is 13.8 Å². The molecule has 1 fully saturated rings. The average Bonchev–Trinajstić information content (AvgIpc) is 3.31. The van der Waals surface area contributed by atoms with Crippen LogP contribution in [-0.2, 0) is 17.1 Å². The van der Waals surface area contributed by atoms with E-state index in [1.54, 1.807) is 42.7 Å². The van der Waals surface area contributed by atoms with Crippen LogP contribution in [0.3, 0.4) is 0 Å². The van der Waals surface area contributed by atoms with Gasteiger partial charge in [0.05, 0.1) is 11.4 Å². The SMILES string of the molecule is Cc1nn(C)c(C)c1S(=O)(=O)N1CCN(c2ccc(-n3cccn3)nn2)CC1. The van der Waals surface area contributed by atoms with Crippen LogP contribution in [0.4, 0.5) is 5.82 Å². The smallest absolute Gasteiger partial charge is 0.246 e. The summed E-state index contributed by atoms with van der Waals surface area (Å²) in [5.41, 5.74) is 1.18. The fourth-order valence-electron chi connectivity index (χ4n) is 3.43. The summed E-state index contributed by atoms with van der Waals surface area (Å²) in [5.74, 6) is 1.36. The van der Waals surface area contributed by atoms with Crippen molar-refractivity contribution in [3.63, 3.8) is 0 Å². The van der Waals surface area contributed by atoms with Gasteiger partial charge in [0.15, 0.2) is 11.6 Å². The van der Waals surface area contributed by atoms with Crippen LogP contribution >= 0.6 is 0 Å². The van der Waals surface area contributed by atoms with Crippen molar-refractivity contribution in [1.29, 1.82) is 0 Å². The molecular weight excluding hydrogens is 380 g/mol. The summed E-state index contributed by atoms with van der Waals surface area (Å²) in [6.07, 6.45) is 3.48. The zero-order valence-corrected chi connectivity index (χ0v) is 16.8. The molecule has 0 atom stereocenters. The zero-order chi connectivity index (χ0) is 19.9. The van der Waals surface area contributed by atoms with E-state index in [9.17, 15) is 8.42 Å². The fraction of sp³-hybridized carbons (Fsp3) is 0.412. The van der Waals surface area contributed by atoms with Crippen molar-refractivity contribution in [1.82, 2.24) is 34.1 Å². The molecule has 148 valence electrons. The summed E-state index contributed by atoms with van der Waals surface area (Å²) in [6, 6.07) is 5.55. The monoisotopic (exact) mass is 402 g/mol. The molecule has 3 aromatic rings. The quantitative estimate of drug-likeness (QED) is 0.627. The minimum absolute atomic E-state index is 0.312. The van der Waals surface area contributed by atoms with E-state index < -0.39 is 10.0 Å². The summed E-state index contributed by atoms with van der Waals surface area (Å²) in [7, 11) is -1.81. The molecule has 3 aromatic heterocycles. The fourth-order valence-corrected chi connectivity index (χ4v) is 5.25. The maximum atomic E-state index is 13.1. The van der Waals surface area contributed by atoms with Gasteiger partial charge in [-0.1, -0.05) is 0 Å². The van der Waals surface area contributed by atoms with Crippen molar-refractivity contribution in [2.75, 3.05) is 31.1 Å². The Labute approximate surface area is 163 Å². The molecule has 10 nitrogen and oxygen atoms in total. The van der Waals surface area contributed by atoms with Gasteiger partial charge in [0.1, 0.15) is 4.90 Å². The van der Waals surface area contributed by atoms with Crippen molar-refractivity contribution in [3.05, 3.63) is 42.0 Å². The van der Waals surface area contributed by atoms with Crippen molar-refractivity contribution < 1.29 is 8.42 Å². The number of hydrogen-bond acceptors (Lipinski definition) is 7. The first-order valence-corrected chi connectivity index (χ1v) is 10.4. The first kappa shape index (κ1) is 18.6. The third-order valence-electron chi connectivity index (χ3n) is 4.98. The minimum Gasteiger partial charge on any atom is -0.352 e. The predicted molar refractivity (Wildman–Crippen MR) is 103 cm³/mol. The molecule has 11 heteroatoms. The Hall–Kier alpha value is -2.79. The molecule has 0 aromatic carbocycles. The standard InChI is InChI=1S/C17H22N8O2S/c1-13-17(14(2)22(3)21-13)28(26,27)24-11-9-23(10-12-24)15-5-6-16(20-19-15)25-8-4-7-18-25/h4-8H,9-12H2,1-3H3. The van der Waals surface area contributed by atoms with E-state index >= 15 is 0 Å². The van der Waals surface area contributed by atoms with Gasteiger partial charge in [-0.25, -0.2) is 13.1 Å². The van der Waals surface area contributed by atoms with Crippen LogP contribution in [0.15, 0.2) is 35.5 Å². The Morgan fingerprint density at radius 1 is 1.00 bits per heavy atom. The number of aryl methyl sites for hydroxylation is 2. The topological polar surface area (TPSA) is 102 Å². The maximum Gasteiger partial charge on any atom is 0.246 e. The van der Waals surface area contributed by atoms with Crippen LogP contribution in [0.2, 0.25) is 0 Å². The van der Waals surface area contributed by atoms with Gasteiger partial charge in [-0.2, -0.15) is 14.5 Å². The largest absolute Gasteiger partial charge is 0.352 e. The van der Waals surface area contributed by atoms with Crippen molar-refractivity contribution in [2.24, 2.45) is 7.05 Å². The highest BCUT2D eigenvalue weighted by Gasteiger charge is 2.33. The number of piperazine rings is 1. The Kier molecular flexibility index (Phi) is 4.63. The van der Waals surface area contributed by atoms with Crippen molar-refractivity contribution in [3.8, 4) is 5.82 Å². The number of hydrogen-bond donors (Lipinski definition) is 0. The van der Waals surface area contributed by atoms with E-state index in [0.29, 0.717) is 48.3 Å². The Morgan fingerprint density at radius 3 is 2.21 bits per heavy atom. The Morgan fingerprint density at radius 2 is 1.68 bits per heavy atom. The second kappa shape index (κ2) is 6.99. The highest BCUT2D eigenvalue weighted by atomic mass is 32.2. The normalized spacial score (nSPS) is 15.9. The van der Waals surface area contributed by atoms with Crippen LogP contribution in [-0.4, -0.2) is 68.7 Å². The van der Waals surface area contributed by atoms with Gasteiger partial charge in [-0.05, 0) is 32.0 Å². The summed E-state index contributed by atoms with van der Waals surface area (Å²) in [5, 5.41) is 16.8. The first-order valence-electron chi connectivity index (χ1n) is 8.97. The molecule has 4 heterocycles. The minimum atomic E-state index is -3.57. The number of aromatic nitrogens is 6. The molecular formula is C17H22N8O2S. The Balaban J connectivity index is 1.47. The third-order valence-corrected chi connectivity index (χ3v) is 7.13. The molecule has 0 unspecified atom stereocenters. The summed E-state index contributed by atoms with van der Waals surface area (Å²) in [6.45, 7) is 5.38. The van der Waals surface area contributed by atoms with Gasteiger partial charge in [0, 0.05) is 45.6 Å². The van der Waals surface area contributed by atoms with E-state index in [-0.39, 0.29) is 0 Å². The molecule has 0 saturated carbocycles. The summed E-state index contributed by atoms with van der Waals surface area (Å²) >= 11 is 0. The number of anilines is 1. The molecule has 1 aliphatic heterocycles. The van der Waals surface area contributed by atoms with Crippen LogP contribution < -0.4 is 4.90 Å². The molecule has 0 N–H and O–H groups in total. The first-order chi connectivity index (χ1) is 13.4. The second-order valence-corrected chi connectivity index (χ2v) is 8.59. The van der Waals surface area contributed by atoms with Gasteiger partial charge < -0.3 is 4.90 Å². The van der Waals surface area contributed by atoms with Gasteiger partial charge in [-0.3, -0.25) is 4.68 Å².